The molecule has 0 N–H and O–H groups in total. The third-order valence-electron chi connectivity index (χ3n) is 1.83. The highest BCUT2D eigenvalue weighted by atomic mass is 79.9. The van der Waals surface area contributed by atoms with E-state index in [4.69, 9.17) is 10.00 Å². The van der Waals surface area contributed by atoms with Crippen molar-refractivity contribution in [1.29, 1.82) is 5.26 Å². The Bertz CT molecular complexity index is 489. The molecule has 0 fully saturated rings. The highest BCUT2D eigenvalue weighted by Gasteiger charge is 2.16. The van der Waals surface area contributed by atoms with Crippen LogP contribution in [0.15, 0.2) is 27.6 Å². The number of carbonyl (C=O) groups excluding carboxylic acids is 1. The Hall–Kier alpha value is -0.990. The minimum absolute atomic E-state index is 0.197. The lowest BCUT2D eigenvalue weighted by Gasteiger charge is -2.19. The predicted molar refractivity (Wildman–Crippen MR) is 75.4 cm³/mol. The molecule has 0 radical (unpaired) electrons. The van der Waals surface area contributed by atoms with E-state index in [2.05, 4.69) is 22.0 Å². The van der Waals surface area contributed by atoms with Gasteiger partial charge >= 0.3 is 5.97 Å². The molecule has 0 heterocycles. The molecular weight excluding hydrogens is 314 g/mol. The van der Waals surface area contributed by atoms with Crippen LogP contribution in [0.2, 0.25) is 0 Å². The second-order valence-corrected chi connectivity index (χ2v) is 6.56. The summed E-state index contributed by atoms with van der Waals surface area (Å²) in [6, 6.07) is 7.45. The van der Waals surface area contributed by atoms with Crippen LogP contribution in [0.1, 0.15) is 26.3 Å². The number of benzene rings is 1. The van der Waals surface area contributed by atoms with Gasteiger partial charge in [0.05, 0.1) is 11.3 Å². The van der Waals surface area contributed by atoms with Gasteiger partial charge in [-0.3, -0.25) is 4.79 Å². The molecule has 0 saturated heterocycles. The van der Waals surface area contributed by atoms with Crippen molar-refractivity contribution >= 4 is 33.7 Å². The summed E-state index contributed by atoms with van der Waals surface area (Å²) in [6.07, 6.45) is 0. The van der Waals surface area contributed by atoms with Crippen molar-refractivity contribution in [1.82, 2.24) is 0 Å². The van der Waals surface area contributed by atoms with Crippen LogP contribution in [-0.2, 0) is 9.53 Å². The Morgan fingerprint density at radius 3 is 2.72 bits per heavy atom. The van der Waals surface area contributed by atoms with Gasteiger partial charge in [0, 0.05) is 9.37 Å². The number of rotatable bonds is 3. The van der Waals surface area contributed by atoms with Crippen LogP contribution in [0.4, 0.5) is 0 Å². The molecule has 0 amide bonds. The van der Waals surface area contributed by atoms with Crippen LogP contribution >= 0.6 is 27.7 Å². The number of hydrogen-bond acceptors (Lipinski definition) is 4. The maximum absolute atomic E-state index is 11.6. The van der Waals surface area contributed by atoms with Crippen LogP contribution < -0.4 is 0 Å². The fourth-order valence-corrected chi connectivity index (χ4v) is 2.54. The smallest absolute Gasteiger partial charge is 0.316 e. The molecule has 3 nitrogen and oxygen atoms in total. The van der Waals surface area contributed by atoms with Crippen molar-refractivity contribution < 1.29 is 9.53 Å². The van der Waals surface area contributed by atoms with Gasteiger partial charge in [0.15, 0.2) is 0 Å². The van der Waals surface area contributed by atoms with E-state index in [9.17, 15) is 4.79 Å². The van der Waals surface area contributed by atoms with Gasteiger partial charge in [0.25, 0.3) is 0 Å². The molecule has 1 aromatic rings. The molecule has 0 spiro atoms. The first kappa shape index (κ1) is 15.1. The molecule has 0 saturated carbocycles. The summed E-state index contributed by atoms with van der Waals surface area (Å²) in [6.45, 7) is 5.49. The zero-order valence-corrected chi connectivity index (χ0v) is 12.9. The third kappa shape index (κ3) is 5.11. The Kier molecular flexibility index (Phi) is 5.24. The lowest BCUT2D eigenvalue weighted by molar-refractivity contribution is -0.151. The van der Waals surface area contributed by atoms with Gasteiger partial charge in [-0.1, -0.05) is 15.9 Å². The van der Waals surface area contributed by atoms with Crippen molar-refractivity contribution in [2.75, 3.05) is 5.75 Å². The molecule has 0 aromatic heterocycles. The average Bonchev–Trinajstić information content (AvgIpc) is 2.24. The summed E-state index contributed by atoms with van der Waals surface area (Å²) < 4.78 is 6.09. The van der Waals surface area contributed by atoms with Crippen LogP contribution in [0.5, 0.6) is 0 Å². The number of nitrogens with zero attached hydrogens (tertiary/aromatic N) is 1. The number of carbonyl (C=O) groups is 1. The molecule has 96 valence electrons. The number of nitriles is 1. The molecule has 1 aromatic carbocycles. The van der Waals surface area contributed by atoms with Crippen molar-refractivity contribution in [2.24, 2.45) is 0 Å². The van der Waals surface area contributed by atoms with E-state index in [0.29, 0.717) is 5.56 Å². The van der Waals surface area contributed by atoms with Crippen LogP contribution in [0, 0.1) is 11.3 Å². The lowest BCUT2D eigenvalue weighted by Crippen LogP contribution is -2.24. The van der Waals surface area contributed by atoms with E-state index < -0.39 is 5.60 Å². The quantitative estimate of drug-likeness (QED) is 0.626. The lowest BCUT2D eigenvalue weighted by atomic mass is 10.2. The van der Waals surface area contributed by atoms with Crippen molar-refractivity contribution in [3.05, 3.63) is 28.2 Å². The van der Waals surface area contributed by atoms with Gasteiger partial charge in [0.1, 0.15) is 11.7 Å². The van der Waals surface area contributed by atoms with Gasteiger partial charge in [-0.2, -0.15) is 5.26 Å². The van der Waals surface area contributed by atoms with Crippen LogP contribution in [-0.4, -0.2) is 17.3 Å². The summed E-state index contributed by atoms with van der Waals surface area (Å²) in [4.78, 5) is 12.4. The third-order valence-corrected chi connectivity index (χ3v) is 3.35. The Labute approximate surface area is 120 Å². The predicted octanol–water partition coefficient (Wildman–Crippen LogP) is 3.75. The van der Waals surface area contributed by atoms with E-state index in [-0.39, 0.29) is 11.7 Å². The standard InChI is InChI=1S/C13H14BrNO2S/c1-13(2,3)17-12(16)8-18-11-6-10(14)5-4-9(11)7-15/h4-6H,8H2,1-3H3. The molecule has 18 heavy (non-hydrogen) atoms. The largest absolute Gasteiger partial charge is 0.459 e. The van der Waals surface area contributed by atoms with E-state index in [1.54, 1.807) is 12.1 Å². The van der Waals surface area contributed by atoms with E-state index in [0.717, 1.165) is 9.37 Å². The molecule has 0 bridgehead atoms. The van der Waals surface area contributed by atoms with Gasteiger partial charge in [-0.15, -0.1) is 11.8 Å². The molecule has 0 aliphatic heterocycles. The maximum atomic E-state index is 11.6. The van der Waals surface area contributed by atoms with Gasteiger partial charge in [0.2, 0.25) is 0 Å². The zero-order valence-electron chi connectivity index (χ0n) is 10.5. The van der Waals surface area contributed by atoms with Gasteiger partial charge < -0.3 is 4.74 Å². The molecule has 0 aliphatic rings. The fourth-order valence-electron chi connectivity index (χ4n) is 1.22. The molecule has 5 heteroatoms. The summed E-state index contributed by atoms with van der Waals surface area (Å²) in [5, 5.41) is 8.97. The Morgan fingerprint density at radius 1 is 1.50 bits per heavy atom. The minimum Gasteiger partial charge on any atom is -0.459 e. The zero-order chi connectivity index (χ0) is 13.8. The van der Waals surface area contributed by atoms with E-state index in [1.807, 2.05) is 26.8 Å². The molecule has 1 rings (SSSR count). The fraction of sp³-hybridized carbons (Fsp3) is 0.385. The highest BCUT2D eigenvalue weighted by Crippen LogP contribution is 2.26. The first-order chi connectivity index (χ1) is 8.31. The second kappa shape index (κ2) is 6.26. The topological polar surface area (TPSA) is 50.1 Å². The van der Waals surface area contributed by atoms with E-state index in [1.165, 1.54) is 11.8 Å². The van der Waals surface area contributed by atoms with Gasteiger partial charge in [-0.05, 0) is 39.0 Å². The molecule has 0 atom stereocenters. The number of ether oxygens (including phenoxy) is 1. The summed E-state index contributed by atoms with van der Waals surface area (Å²) >= 11 is 4.65. The first-order valence-electron chi connectivity index (χ1n) is 5.36. The van der Waals surface area contributed by atoms with Crippen molar-refractivity contribution in [2.45, 2.75) is 31.3 Å². The number of hydrogen-bond donors (Lipinski definition) is 0. The van der Waals surface area contributed by atoms with Crippen LogP contribution in [0.25, 0.3) is 0 Å². The number of thioether (sulfide) groups is 1. The molecule has 0 unspecified atom stereocenters. The molecular formula is C13H14BrNO2S. The monoisotopic (exact) mass is 327 g/mol. The number of halogens is 1. The Balaban J connectivity index is 2.67. The second-order valence-electron chi connectivity index (χ2n) is 4.63. The van der Waals surface area contributed by atoms with Crippen LogP contribution in [0.3, 0.4) is 0 Å². The number of esters is 1. The summed E-state index contributed by atoms with van der Waals surface area (Å²) in [5.41, 5.74) is 0.0826. The molecule has 0 aliphatic carbocycles. The van der Waals surface area contributed by atoms with Crippen molar-refractivity contribution in [3.63, 3.8) is 0 Å². The average molecular weight is 328 g/mol. The van der Waals surface area contributed by atoms with Crippen molar-refractivity contribution in [3.8, 4) is 6.07 Å². The Morgan fingerprint density at radius 2 is 2.17 bits per heavy atom. The first-order valence-corrected chi connectivity index (χ1v) is 7.14. The van der Waals surface area contributed by atoms with Gasteiger partial charge in [-0.25, -0.2) is 0 Å². The minimum atomic E-state index is -0.479. The summed E-state index contributed by atoms with van der Waals surface area (Å²) in [7, 11) is 0. The maximum Gasteiger partial charge on any atom is 0.316 e. The SMILES string of the molecule is CC(C)(C)OC(=O)CSc1cc(Br)ccc1C#N. The van der Waals surface area contributed by atoms with E-state index >= 15 is 0 Å². The normalized spacial score (nSPS) is 10.8. The highest BCUT2D eigenvalue weighted by molar-refractivity contribution is 9.10. The summed E-state index contributed by atoms with van der Waals surface area (Å²) in [5.74, 6) is -0.0843.